The second kappa shape index (κ2) is 6.00. The van der Waals surface area contributed by atoms with Gasteiger partial charge in [-0.05, 0) is 43.9 Å². The zero-order chi connectivity index (χ0) is 11.2. The molecule has 0 saturated heterocycles. The highest BCUT2D eigenvalue weighted by molar-refractivity contribution is 5.09. The van der Waals surface area contributed by atoms with E-state index in [0.717, 1.165) is 12.0 Å². The smallest absolute Gasteiger partial charge is 0.0299 e. The van der Waals surface area contributed by atoms with E-state index in [0.29, 0.717) is 0 Å². The summed E-state index contributed by atoms with van der Waals surface area (Å²) in [6, 6.07) is 4.97. The van der Waals surface area contributed by atoms with Crippen LogP contribution in [0.5, 0.6) is 0 Å². The topological polar surface area (TPSA) is 24.9 Å². The van der Waals surface area contributed by atoms with Gasteiger partial charge in [-0.3, -0.25) is 4.98 Å². The SMILES string of the molecule is CNC1CCCCC(Cc2cccnc2)C1. The largest absolute Gasteiger partial charge is 0.317 e. The third kappa shape index (κ3) is 3.31. The van der Waals surface area contributed by atoms with Crippen LogP contribution in [0.1, 0.15) is 37.7 Å². The zero-order valence-electron chi connectivity index (χ0n) is 10.2. The van der Waals surface area contributed by atoms with E-state index in [-0.39, 0.29) is 0 Å². The minimum absolute atomic E-state index is 0.726. The van der Waals surface area contributed by atoms with Crippen LogP contribution in [0.2, 0.25) is 0 Å². The molecular weight excluding hydrogens is 196 g/mol. The first-order chi connectivity index (χ1) is 7.88. The lowest BCUT2D eigenvalue weighted by atomic mass is 9.92. The third-order valence-electron chi connectivity index (χ3n) is 3.69. The van der Waals surface area contributed by atoms with Crippen molar-refractivity contribution in [2.75, 3.05) is 7.05 Å². The quantitative estimate of drug-likeness (QED) is 0.789. The van der Waals surface area contributed by atoms with Crippen molar-refractivity contribution in [3.63, 3.8) is 0 Å². The molecule has 2 atom stereocenters. The van der Waals surface area contributed by atoms with E-state index < -0.39 is 0 Å². The van der Waals surface area contributed by atoms with E-state index in [1.165, 1.54) is 44.1 Å². The summed E-state index contributed by atoms with van der Waals surface area (Å²) in [5.41, 5.74) is 1.39. The fraction of sp³-hybridized carbons (Fsp3) is 0.643. The lowest BCUT2D eigenvalue weighted by molar-refractivity contribution is 0.400. The van der Waals surface area contributed by atoms with Gasteiger partial charge >= 0.3 is 0 Å². The molecule has 1 aromatic rings. The van der Waals surface area contributed by atoms with Gasteiger partial charge in [-0.15, -0.1) is 0 Å². The van der Waals surface area contributed by atoms with Crippen LogP contribution in [-0.4, -0.2) is 18.1 Å². The Labute approximate surface area is 98.5 Å². The first kappa shape index (κ1) is 11.6. The Morgan fingerprint density at radius 1 is 1.38 bits per heavy atom. The third-order valence-corrected chi connectivity index (χ3v) is 3.69. The molecular formula is C14H22N2. The Bertz CT molecular complexity index is 297. The van der Waals surface area contributed by atoms with Gasteiger partial charge in [0.25, 0.3) is 0 Å². The molecule has 1 aliphatic carbocycles. The molecule has 16 heavy (non-hydrogen) atoms. The second-order valence-electron chi connectivity index (χ2n) is 4.94. The molecule has 2 rings (SSSR count). The molecule has 1 saturated carbocycles. The number of hydrogen-bond acceptors (Lipinski definition) is 2. The van der Waals surface area contributed by atoms with Crippen LogP contribution >= 0.6 is 0 Å². The molecule has 0 aliphatic heterocycles. The van der Waals surface area contributed by atoms with Gasteiger partial charge in [0.15, 0.2) is 0 Å². The molecule has 88 valence electrons. The Balaban J connectivity index is 1.93. The van der Waals surface area contributed by atoms with Crippen molar-refractivity contribution in [3.8, 4) is 0 Å². The molecule has 0 bridgehead atoms. The van der Waals surface area contributed by atoms with Gasteiger partial charge in [0, 0.05) is 18.4 Å². The number of rotatable bonds is 3. The summed E-state index contributed by atoms with van der Waals surface area (Å²) >= 11 is 0. The van der Waals surface area contributed by atoms with Gasteiger partial charge in [0.2, 0.25) is 0 Å². The van der Waals surface area contributed by atoms with Crippen molar-refractivity contribution in [2.45, 2.75) is 44.6 Å². The van der Waals surface area contributed by atoms with Gasteiger partial charge in [0.1, 0.15) is 0 Å². The predicted octanol–water partition coefficient (Wildman–Crippen LogP) is 2.79. The van der Waals surface area contributed by atoms with Crippen molar-refractivity contribution in [2.24, 2.45) is 5.92 Å². The van der Waals surface area contributed by atoms with Crippen LogP contribution in [0, 0.1) is 5.92 Å². The minimum atomic E-state index is 0.726. The average molecular weight is 218 g/mol. The summed E-state index contributed by atoms with van der Waals surface area (Å²) in [4.78, 5) is 4.20. The van der Waals surface area contributed by atoms with E-state index >= 15 is 0 Å². The fourth-order valence-electron chi connectivity index (χ4n) is 2.76. The maximum atomic E-state index is 4.20. The Hall–Kier alpha value is -0.890. The maximum absolute atomic E-state index is 4.20. The molecule has 1 aliphatic rings. The minimum Gasteiger partial charge on any atom is -0.317 e. The molecule has 2 nitrogen and oxygen atoms in total. The molecule has 0 spiro atoms. The molecule has 0 radical (unpaired) electrons. The van der Waals surface area contributed by atoms with Crippen molar-refractivity contribution in [1.82, 2.24) is 10.3 Å². The molecule has 1 heterocycles. The standard InChI is InChI=1S/C14H22N2/c1-15-14-7-3-2-5-12(10-14)9-13-6-4-8-16-11-13/h4,6,8,11-12,14-15H,2-3,5,7,9-10H2,1H3. The molecule has 2 heteroatoms. The van der Waals surface area contributed by atoms with Gasteiger partial charge in [0.05, 0.1) is 0 Å². The number of hydrogen-bond donors (Lipinski definition) is 1. The summed E-state index contributed by atoms with van der Waals surface area (Å²) in [6.45, 7) is 0. The van der Waals surface area contributed by atoms with E-state index in [4.69, 9.17) is 0 Å². The summed E-state index contributed by atoms with van der Waals surface area (Å²) in [5.74, 6) is 0.837. The van der Waals surface area contributed by atoms with E-state index in [1.54, 1.807) is 0 Å². The van der Waals surface area contributed by atoms with Crippen LogP contribution in [-0.2, 0) is 6.42 Å². The highest BCUT2D eigenvalue weighted by Crippen LogP contribution is 2.26. The first-order valence-corrected chi connectivity index (χ1v) is 6.44. The molecule has 2 unspecified atom stereocenters. The van der Waals surface area contributed by atoms with Gasteiger partial charge in [-0.2, -0.15) is 0 Å². The van der Waals surface area contributed by atoms with Crippen molar-refractivity contribution in [3.05, 3.63) is 30.1 Å². The average Bonchev–Trinajstić information content (AvgIpc) is 2.55. The highest BCUT2D eigenvalue weighted by Gasteiger charge is 2.19. The second-order valence-corrected chi connectivity index (χ2v) is 4.94. The number of nitrogens with one attached hydrogen (secondary N) is 1. The van der Waals surface area contributed by atoms with Crippen LogP contribution < -0.4 is 5.32 Å². The van der Waals surface area contributed by atoms with Gasteiger partial charge < -0.3 is 5.32 Å². The summed E-state index contributed by atoms with van der Waals surface area (Å²) in [7, 11) is 2.09. The van der Waals surface area contributed by atoms with Crippen LogP contribution in [0.4, 0.5) is 0 Å². The maximum Gasteiger partial charge on any atom is 0.0299 e. The van der Waals surface area contributed by atoms with E-state index in [1.807, 2.05) is 18.5 Å². The monoisotopic (exact) mass is 218 g/mol. The number of nitrogens with zero attached hydrogens (tertiary/aromatic N) is 1. The predicted molar refractivity (Wildman–Crippen MR) is 67.4 cm³/mol. The summed E-state index contributed by atoms with van der Waals surface area (Å²) in [5, 5.41) is 3.44. The Morgan fingerprint density at radius 2 is 2.25 bits per heavy atom. The molecule has 0 aromatic carbocycles. The van der Waals surface area contributed by atoms with E-state index in [2.05, 4.69) is 23.4 Å². The lowest BCUT2D eigenvalue weighted by Gasteiger charge is -2.19. The van der Waals surface area contributed by atoms with Gasteiger partial charge in [-0.1, -0.05) is 25.3 Å². The number of aromatic nitrogens is 1. The fourth-order valence-corrected chi connectivity index (χ4v) is 2.76. The van der Waals surface area contributed by atoms with Gasteiger partial charge in [-0.25, -0.2) is 0 Å². The van der Waals surface area contributed by atoms with Crippen molar-refractivity contribution in [1.29, 1.82) is 0 Å². The highest BCUT2D eigenvalue weighted by atomic mass is 14.9. The Morgan fingerprint density at radius 3 is 3.00 bits per heavy atom. The van der Waals surface area contributed by atoms with Crippen LogP contribution in [0.25, 0.3) is 0 Å². The van der Waals surface area contributed by atoms with Crippen molar-refractivity contribution >= 4 is 0 Å². The number of pyridine rings is 1. The molecule has 1 N–H and O–H groups in total. The summed E-state index contributed by atoms with van der Waals surface area (Å²) < 4.78 is 0. The summed E-state index contributed by atoms with van der Waals surface area (Å²) in [6.07, 6.45) is 11.9. The molecule has 1 aromatic heterocycles. The molecule has 1 fully saturated rings. The Kier molecular flexibility index (Phi) is 4.34. The normalized spacial score (nSPS) is 26.3. The lowest BCUT2D eigenvalue weighted by Crippen LogP contribution is -2.26. The van der Waals surface area contributed by atoms with Crippen molar-refractivity contribution < 1.29 is 0 Å². The van der Waals surface area contributed by atoms with Crippen LogP contribution in [0.3, 0.4) is 0 Å². The van der Waals surface area contributed by atoms with E-state index in [9.17, 15) is 0 Å². The first-order valence-electron chi connectivity index (χ1n) is 6.44. The zero-order valence-corrected chi connectivity index (χ0v) is 10.2. The van der Waals surface area contributed by atoms with Crippen LogP contribution in [0.15, 0.2) is 24.5 Å². The molecule has 0 amide bonds.